The lowest BCUT2D eigenvalue weighted by Crippen LogP contribution is -2.43. The fourth-order valence-electron chi connectivity index (χ4n) is 3.88. The van der Waals surface area contributed by atoms with E-state index in [9.17, 15) is 27.6 Å². The molecular formula is C25H23ClF3N9O4. The summed E-state index contributed by atoms with van der Waals surface area (Å²) in [6.07, 6.45) is -2.27. The molecule has 0 bridgehead atoms. The first-order chi connectivity index (χ1) is 19.8. The van der Waals surface area contributed by atoms with E-state index in [0.29, 0.717) is 5.56 Å². The minimum atomic E-state index is -4.64. The van der Waals surface area contributed by atoms with Crippen LogP contribution in [0.1, 0.15) is 37.8 Å². The molecule has 0 atom stereocenters. The van der Waals surface area contributed by atoms with Crippen LogP contribution in [0.15, 0.2) is 49.1 Å². The van der Waals surface area contributed by atoms with Crippen molar-refractivity contribution in [2.24, 2.45) is 0 Å². The molecule has 3 amide bonds. The van der Waals surface area contributed by atoms with Gasteiger partial charge in [0.15, 0.2) is 11.5 Å². The molecule has 0 fully saturated rings. The number of rotatable bonds is 6. The first kappa shape index (κ1) is 29.9. The van der Waals surface area contributed by atoms with Gasteiger partial charge in [-0.3, -0.25) is 15.0 Å². The van der Waals surface area contributed by atoms with Crippen molar-refractivity contribution in [3.05, 3.63) is 82.3 Å². The van der Waals surface area contributed by atoms with Crippen LogP contribution in [0.4, 0.5) is 29.3 Å². The Balaban J connectivity index is 1.72. The topological polar surface area (TPSA) is 162 Å². The van der Waals surface area contributed by atoms with E-state index in [1.54, 1.807) is 13.0 Å². The van der Waals surface area contributed by atoms with Crippen LogP contribution in [-0.4, -0.2) is 61.4 Å². The Morgan fingerprint density at radius 3 is 2.55 bits per heavy atom. The number of pyridine rings is 1. The summed E-state index contributed by atoms with van der Waals surface area (Å²) in [6, 6.07) is 7.24. The second-order valence-electron chi connectivity index (χ2n) is 8.86. The number of nitrogens with one attached hydrogen (secondary N) is 2. The Morgan fingerprint density at radius 2 is 1.90 bits per heavy atom. The standard InChI is InChI=1S/C25H23ClF3N9O4/c1-13-7-14(30)8-16(22(39)35-36(2)24(41)42-3)20(13)33-23(40)18-9-15(10-37-11-19(32-12-37)25(27,28)29)34-38(18)21-17(26)5-4-6-31-21/h4-9,11-12H,10,30H2,1-3H3,(H,33,40)(H,35,39). The van der Waals surface area contributed by atoms with E-state index in [4.69, 9.17) is 17.3 Å². The number of aromatic nitrogens is 5. The number of alkyl halides is 3. The second kappa shape index (κ2) is 11.8. The smallest absolute Gasteiger partial charge is 0.434 e. The lowest BCUT2D eigenvalue weighted by atomic mass is 10.1. The van der Waals surface area contributed by atoms with Crippen molar-refractivity contribution in [1.29, 1.82) is 0 Å². The maximum Gasteiger partial charge on any atom is 0.434 e. The monoisotopic (exact) mass is 605 g/mol. The zero-order chi connectivity index (χ0) is 30.8. The Kier molecular flexibility index (Phi) is 8.37. The molecule has 0 saturated carbocycles. The highest BCUT2D eigenvalue weighted by atomic mass is 35.5. The molecule has 0 radical (unpaired) electrons. The van der Waals surface area contributed by atoms with E-state index in [-0.39, 0.29) is 45.7 Å². The van der Waals surface area contributed by atoms with Crippen LogP contribution in [0.3, 0.4) is 0 Å². The van der Waals surface area contributed by atoms with Crippen LogP contribution >= 0.6 is 11.6 Å². The largest absolute Gasteiger partial charge is 0.452 e. The number of imidazole rings is 1. The highest BCUT2D eigenvalue weighted by Crippen LogP contribution is 2.28. The number of hydrogen-bond donors (Lipinski definition) is 3. The zero-order valence-electron chi connectivity index (χ0n) is 22.2. The molecule has 17 heteroatoms. The van der Waals surface area contributed by atoms with Gasteiger partial charge in [0.05, 0.1) is 41.9 Å². The molecule has 13 nitrogen and oxygen atoms in total. The number of anilines is 2. The van der Waals surface area contributed by atoms with Gasteiger partial charge in [-0.1, -0.05) is 11.6 Å². The van der Waals surface area contributed by atoms with Gasteiger partial charge in [0.25, 0.3) is 11.8 Å². The Bertz CT molecular complexity index is 1670. The minimum absolute atomic E-state index is 0.0656. The fourth-order valence-corrected chi connectivity index (χ4v) is 4.08. The number of amides is 3. The van der Waals surface area contributed by atoms with Crippen molar-refractivity contribution < 1.29 is 32.3 Å². The van der Waals surface area contributed by atoms with Crippen LogP contribution in [0.25, 0.3) is 5.82 Å². The number of carbonyl (C=O) groups is 3. The molecule has 0 unspecified atom stereocenters. The van der Waals surface area contributed by atoms with Gasteiger partial charge in [-0.25, -0.2) is 24.5 Å². The van der Waals surface area contributed by atoms with E-state index in [2.05, 4.69) is 30.5 Å². The van der Waals surface area contributed by atoms with Crippen LogP contribution in [0.2, 0.25) is 5.02 Å². The molecule has 0 spiro atoms. The first-order valence-electron chi connectivity index (χ1n) is 11.9. The molecular weight excluding hydrogens is 583 g/mol. The SMILES string of the molecule is COC(=O)N(C)NC(=O)c1cc(N)cc(C)c1NC(=O)c1cc(Cn2cnc(C(F)(F)F)c2)nn1-c1ncccc1Cl. The Labute approximate surface area is 241 Å². The quantitative estimate of drug-likeness (QED) is 0.221. The van der Waals surface area contributed by atoms with E-state index in [1.807, 2.05) is 0 Å². The second-order valence-corrected chi connectivity index (χ2v) is 9.26. The summed E-state index contributed by atoms with van der Waals surface area (Å²) in [5, 5.41) is 7.96. The summed E-state index contributed by atoms with van der Waals surface area (Å²) in [5.74, 6) is -1.47. The summed E-state index contributed by atoms with van der Waals surface area (Å²) in [5.41, 5.74) is 7.86. The molecule has 0 aliphatic rings. The Morgan fingerprint density at radius 1 is 1.17 bits per heavy atom. The fraction of sp³-hybridized carbons (Fsp3) is 0.200. The van der Waals surface area contributed by atoms with Gasteiger partial charge in [-0.05, 0) is 42.8 Å². The van der Waals surface area contributed by atoms with Gasteiger partial charge in [0.1, 0.15) is 5.69 Å². The predicted octanol–water partition coefficient (Wildman–Crippen LogP) is 3.67. The molecule has 3 aromatic heterocycles. The van der Waals surface area contributed by atoms with Crippen molar-refractivity contribution in [2.75, 3.05) is 25.2 Å². The molecule has 4 rings (SSSR count). The predicted molar refractivity (Wildman–Crippen MR) is 144 cm³/mol. The third-order valence-electron chi connectivity index (χ3n) is 5.76. The van der Waals surface area contributed by atoms with Crippen LogP contribution in [-0.2, 0) is 17.5 Å². The van der Waals surface area contributed by atoms with Crippen LogP contribution < -0.4 is 16.5 Å². The van der Waals surface area contributed by atoms with Crippen LogP contribution in [0.5, 0.6) is 0 Å². The van der Waals surface area contributed by atoms with E-state index >= 15 is 0 Å². The maximum absolute atomic E-state index is 13.7. The van der Waals surface area contributed by atoms with E-state index in [0.717, 1.165) is 33.9 Å². The average molecular weight is 606 g/mol. The number of hydrogen-bond acceptors (Lipinski definition) is 8. The third-order valence-corrected chi connectivity index (χ3v) is 6.05. The molecule has 220 valence electrons. The minimum Gasteiger partial charge on any atom is -0.452 e. The maximum atomic E-state index is 13.7. The van der Waals surface area contributed by atoms with Crippen molar-refractivity contribution in [1.82, 2.24) is 34.8 Å². The number of aryl methyl sites for hydroxylation is 1. The van der Waals surface area contributed by atoms with Crippen molar-refractivity contribution in [3.63, 3.8) is 0 Å². The summed E-state index contributed by atoms with van der Waals surface area (Å²) < 4.78 is 45.9. The molecule has 4 N–H and O–H groups in total. The van der Waals surface area contributed by atoms with Gasteiger partial charge >= 0.3 is 12.3 Å². The molecule has 4 aromatic rings. The third kappa shape index (κ3) is 6.43. The number of methoxy groups -OCH3 is 1. The Hall–Kier alpha value is -5.12. The summed E-state index contributed by atoms with van der Waals surface area (Å²) in [6.45, 7) is 1.43. The van der Waals surface area contributed by atoms with Gasteiger partial charge in [0, 0.05) is 25.1 Å². The summed E-state index contributed by atoms with van der Waals surface area (Å²) in [4.78, 5) is 46.0. The number of nitrogens with zero attached hydrogens (tertiary/aromatic N) is 6. The summed E-state index contributed by atoms with van der Waals surface area (Å²) >= 11 is 6.31. The number of hydrazine groups is 1. The number of ether oxygens (including phenoxy) is 1. The summed E-state index contributed by atoms with van der Waals surface area (Å²) in [7, 11) is 2.39. The van der Waals surface area contributed by atoms with Crippen molar-refractivity contribution >= 4 is 40.9 Å². The highest BCUT2D eigenvalue weighted by molar-refractivity contribution is 6.32. The normalized spacial score (nSPS) is 11.2. The molecule has 0 aliphatic carbocycles. The lowest BCUT2D eigenvalue weighted by molar-refractivity contribution is -0.141. The van der Waals surface area contributed by atoms with Crippen molar-refractivity contribution in [2.45, 2.75) is 19.6 Å². The van der Waals surface area contributed by atoms with Gasteiger partial charge in [0.2, 0.25) is 0 Å². The molecule has 0 aliphatic heterocycles. The van der Waals surface area contributed by atoms with E-state index < -0.39 is 29.8 Å². The van der Waals surface area contributed by atoms with Crippen molar-refractivity contribution in [3.8, 4) is 5.82 Å². The molecule has 1 aromatic carbocycles. The van der Waals surface area contributed by atoms with Gasteiger partial charge in [-0.15, -0.1) is 0 Å². The average Bonchev–Trinajstić information content (AvgIpc) is 3.57. The number of benzene rings is 1. The number of halogens is 4. The number of nitrogens with two attached hydrogens (primary N) is 1. The number of nitrogen functional groups attached to an aromatic ring is 1. The molecule has 0 saturated heterocycles. The highest BCUT2D eigenvalue weighted by Gasteiger charge is 2.33. The lowest BCUT2D eigenvalue weighted by Gasteiger charge is -2.19. The van der Waals surface area contributed by atoms with Gasteiger partial charge in [-0.2, -0.15) is 18.3 Å². The molecule has 42 heavy (non-hydrogen) atoms. The van der Waals surface area contributed by atoms with E-state index in [1.165, 1.54) is 37.5 Å². The van der Waals surface area contributed by atoms with Gasteiger partial charge < -0.3 is 20.4 Å². The first-order valence-corrected chi connectivity index (χ1v) is 12.3. The molecule has 3 heterocycles. The van der Waals surface area contributed by atoms with Crippen LogP contribution in [0, 0.1) is 6.92 Å². The number of carbonyl (C=O) groups excluding carboxylic acids is 3. The zero-order valence-corrected chi connectivity index (χ0v) is 23.0.